The Balaban J connectivity index is 1.64. The molecule has 0 fully saturated rings. The molecule has 0 atom stereocenters. The summed E-state index contributed by atoms with van der Waals surface area (Å²) in [5.41, 5.74) is 4.54. The van der Waals surface area contributed by atoms with Gasteiger partial charge in [0.2, 0.25) is 0 Å². The van der Waals surface area contributed by atoms with E-state index >= 15 is 0 Å². The van der Waals surface area contributed by atoms with Gasteiger partial charge < -0.3 is 5.32 Å². The van der Waals surface area contributed by atoms with Gasteiger partial charge in [0.15, 0.2) is 0 Å². The molecule has 2 aromatic carbocycles. The number of aromatic nitrogens is 1. The van der Waals surface area contributed by atoms with Crippen LogP contribution >= 0.6 is 0 Å². The minimum Gasteiger partial charge on any atom is -0.322 e. The highest BCUT2D eigenvalue weighted by molar-refractivity contribution is 6.04. The molecule has 0 aliphatic carbocycles. The van der Waals surface area contributed by atoms with Crippen LogP contribution in [0.1, 0.15) is 41.0 Å². The van der Waals surface area contributed by atoms with E-state index in [9.17, 15) is 4.79 Å². The van der Waals surface area contributed by atoms with Crippen molar-refractivity contribution >= 4 is 23.7 Å². The fourth-order valence-electron chi connectivity index (χ4n) is 3.05. The summed E-state index contributed by atoms with van der Waals surface area (Å²) in [5, 5.41) is 2.98. The van der Waals surface area contributed by atoms with Gasteiger partial charge in [0, 0.05) is 24.0 Å². The lowest BCUT2D eigenvalue weighted by Gasteiger charge is -2.18. The first-order chi connectivity index (χ1) is 14.2. The fraction of sp³-hybridized carbons (Fsp3) is 0.200. The first-order valence-corrected chi connectivity index (χ1v) is 9.99. The molecule has 1 N–H and O–H groups in total. The number of pyridine rings is 1. The SMILES string of the molecule is CCN(CC)Cc1ccc(C(=O)Nc2cccc(/C=C/c3ccccn3)c2)cc1. The number of anilines is 1. The number of hydrogen-bond acceptors (Lipinski definition) is 3. The molecular weight excluding hydrogens is 358 g/mol. The van der Waals surface area contributed by atoms with Crippen molar-refractivity contribution in [2.24, 2.45) is 0 Å². The van der Waals surface area contributed by atoms with Gasteiger partial charge >= 0.3 is 0 Å². The molecule has 4 nitrogen and oxygen atoms in total. The van der Waals surface area contributed by atoms with E-state index in [2.05, 4.69) is 29.0 Å². The van der Waals surface area contributed by atoms with E-state index < -0.39 is 0 Å². The van der Waals surface area contributed by atoms with Crippen LogP contribution in [-0.2, 0) is 6.54 Å². The van der Waals surface area contributed by atoms with Gasteiger partial charge in [0.1, 0.15) is 0 Å². The monoisotopic (exact) mass is 385 g/mol. The molecule has 0 aliphatic rings. The van der Waals surface area contributed by atoms with Crippen molar-refractivity contribution in [3.8, 4) is 0 Å². The molecule has 0 aliphatic heterocycles. The zero-order chi connectivity index (χ0) is 20.5. The average molecular weight is 386 g/mol. The summed E-state index contributed by atoms with van der Waals surface area (Å²) < 4.78 is 0. The first kappa shape index (κ1) is 20.5. The highest BCUT2D eigenvalue weighted by atomic mass is 16.1. The lowest BCUT2D eigenvalue weighted by atomic mass is 10.1. The highest BCUT2D eigenvalue weighted by Gasteiger charge is 2.07. The summed E-state index contributed by atoms with van der Waals surface area (Å²) in [7, 11) is 0. The number of hydrogen-bond donors (Lipinski definition) is 1. The zero-order valence-corrected chi connectivity index (χ0v) is 17.0. The van der Waals surface area contributed by atoms with E-state index in [0.717, 1.165) is 36.6 Å². The fourth-order valence-corrected chi connectivity index (χ4v) is 3.05. The minimum atomic E-state index is -0.106. The Morgan fingerprint density at radius 2 is 1.76 bits per heavy atom. The first-order valence-electron chi connectivity index (χ1n) is 9.99. The van der Waals surface area contributed by atoms with Crippen LogP contribution in [0, 0.1) is 0 Å². The number of benzene rings is 2. The van der Waals surface area contributed by atoms with E-state index in [4.69, 9.17) is 0 Å². The Morgan fingerprint density at radius 3 is 2.45 bits per heavy atom. The molecule has 0 radical (unpaired) electrons. The third-order valence-electron chi connectivity index (χ3n) is 4.80. The predicted octanol–water partition coefficient (Wildman–Crippen LogP) is 5.35. The number of carbonyl (C=O) groups excluding carboxylic acids is 1. The summed E-state index contributed by atoms with van der Waals surface area (Å²) in [5.74, 6) is -0.106. The molecule has 0 spiro atoms. The predicted molar refractivity (Wildman–Crippen MR) is 121 cm³/mol. The summed E-state index contributed by atoms with van der Waals surface area (Å²) in [6.07, 6.45) is 5.71. The smallest absolute Gasteiger partial charge is 0.255 e. The van der Waals surface area contributed by atoms with Gasteiger partial charge in [-0.2, -0.15) is 0 Å². The maximum atomic E-state index is 12.6. The van der Waals surface area contributed by atoms with Gasteiger partial charge in [0.05, 0.1) is 5.69 Å². The van der Waals surface area contributed by atoms with Gasteiger partial charge in [-0.05, 0) is 66.7 Å². The van der Waals surface area contributed by atoms with Crippen LogP contribution in [0.3, 0.4) is 0 Å². The van der Waals surface area contributed by atoms with Crippen LogP contribution in [0.5, 0.6) is 0 Å². The van der Waals surface area contributed by atoms with Crippen molar-refractivity contribution in [1.82, 2.24) is 9.88 Å². The Bertz CT molecular complexity index is 945. The summed E-state index contributed by atoms with van der Waals surface area (Å²) in [6.45, 7) is 7.25. The van der Waals surface area contributed by atoms with Crippen LogP contribution in [0.4, 0.5) is 5.69 Å². The second-order valence-corrected chi connectivity index (χ2v) is 6.83. The zero-order valence-electron chi connectivity index (χ0n) is 17.0. The molecule has 4 heteroatoms. The third-order valence-corrected chi connectivity index (χ3v) is 4.80. The number of rotatable bonds is 8. The standard InChI is InChI=1S/C25H27N3O/c1-3-28(4-2)19-21-11-14-22(15-12-21)25(29)27-24-10-7-8-20(18-24)13-16-23-9-5-6-17-26-23/h5-18H,3-4,19H2,1-2H3,(H,27,29)/b16-13+. The molecule has 1 heterocycles. The Kier molecular flexibility index (Phi) is 7.31. The maximum Gasteiger partial charge on any atom is 0.255 e. The number of nitrogens with one attached hydrogen (secondary N) is 1. The number of nitrogens with zero attached hydrogens (tertiary/aromatic N) is 2. The Hall–Kier alpha value is -3.24. The second kappa shape index (κ2) is 10.3. The molecule has 3 rings (SSSR count). The molecular formula is C25H27N3O. The molecule has 0 unspecified atom stereocenters. The molecule has 0 bridgehead atoms. The van der Waals surface area contributed by atoms with Crippen LogP contribution < -0.4 is 5.32 Å². The highest BCUT2D eigenvalue weighted by Crippen LogP contribution is 2.15. The van der Waals surface area contributed by atoms with Crippen LogP contribution in [0.2, 0.25) is 0 Å². The Morgan fingerprint density at radius 1 is 0.966 bits per heavy atom. The van der Waals surface area contributed by atoms with Crippen LogP contribution in [-0.4, -0.2) is 28.9 Å². The van der Waals surface area contributed by atoms with Crippen molar-refractivity contribution in [2.45, 2.75) is 20.4 Å². The van der Waals surface area contributed by atoms with Gasteiger partial charge in [-0.1, -0.05) is 50.3 Å². The van der Waals surface area contributed by atoms with E-state index in [1.54, 1.807) is 6.20 Å². The minimum absolute atomic E-state index is 0.106. The van der Waals surface area contributed by atoms with Gasteiger partial charge in [0.25, 0.3) is 5.91 Å². The molecule has 1 aromatic heterocycles. The van der Waals surface area contributed by atoms with E-state index in [1.807, 2.05) is 78.9 Å². The van der Waals surface area contributed by atoms with Crippen molar-refractivity contribution < 1.29 is 4.79 Å². The van der Waals surface area contributed by atoms with Gasteiger partial charge in [-0.15, -0.1) is 0 Å². The normalized spacial score (nSPS) is 11.1. The van der Waals surface area contributed by atoms with E-state index in [1.165, 1.54) is 5.56 Å². The lowest BCUT2D eigenvalue weighted by molar-refractivity contribution is 0.102. The van der Waals surface area contributed by atoms with Crippen molar-refractivity contribution in [3.05, 3.63) is 95.3 Å². The quantitative estimate of drug-likeness (QED) is 0.569. The molecule has 148 valence electrons. The molecule has 0 saturated heterocycles. The summed E-state index contributed by atoms with van der Waals surface area (Å²) >= 11 is 0. The maximum absolute atomic E-state index is 12.6. The molecule has 3 aromatic rings. The molecule has 0 saturated carbocycles. The summed E-state index contributed by atoms with van der Waals surface area (Å²) in [4.78, 5) is 19.2. The van der Waals surface area contributed by atoms with E-state index in [-0.39, 0.29) is 5.91 Å². The van der Waals surface area contributed by atoms with Crippen LogP contribution in [0.15, 0.2) is 72.9 Å². The largest absolute Gasteiger partial charge is 0.322 e. The number of amides is 1. The molecule has 29 heavy (non-hydrogen) atoms. The summed E-state index contributed by atoms with van der Waals surface area (Å²) in [6, 6.07) is 21.4. The van der Waals surface area contributed by atoms with Gasteiger partial charge in [-0.25, -0.2) is 0 Å². The van der Waals surface area contributed by atoms with Crippen LogP contribution in [0.25, 0.3) is 12.2 Å². The lowest BCUT2D eigenvalue weighted by Crippen LogP contribution is -2.22. The second-order valence-electron chi connectivity index (χ2n) is 6.83. The average Bonchev–Trinajstić information content (AvgIpc) is 2.77. The third kappa shape index (κ3) is 6.13. The van der Waals surface area contributed by atoms with Crippen molar-refractivity contribution in [1.29, 1.82) is 0 Å². The van der Waals surface area contributed by atoms with Crippen molar-refractivity contribution in [3.63, 3.8) is 0 Å². The molecule has 1 amide bonds. The van der Waals surface area contributed by atoms with Gasteiger partial charge in [-0.3, -0.25) is 14.7 Å². The topological polar surface area (TPSA) is 45.2 Å². The van der Waals surface area contributed by atoms with Crippen molar-refractivity contribution in [2.75, 3.05) is 18.4 Å². The number of carbonyl (C=O) groups is 1. The Labute approximate surface area is 172 Å². The van der Waals surface area contributed by atoms with E-state index in [0.29, 0.717) is 5.56 Å².